The average Bonchev–Trinajstić information content (AvgIpc) is 2.95. The van der Waals surface area contributed by atoms with Crippen molar-refractivity contribution in [2.75, 3.05) is 6.61 Å². The summed E-state index contributed by atoms with van der Waals surface area (Å²) < 4.78 is 6.61. The van der Waals surface area contributed by atoms with Crippen LogP contribution >= 0.6 is 27.3 Å². The second kappa shape index (κ2) is 8.26. The summed E-state index contributed by atoms with van der Waals surface area (Å²) >= 11 is 5.02. The lowest BCUT2D eigenvalue weighted by Gasteiger charge is -2.09. The number of hydrogen-bond donors (Lipinski definition) is 1. The van der Waals surface area contributed by atoms with Gasteiger partial charge in [-0.05, 0) is 65.5 Å². The van der Waals surface area contributed by atoms with E-state index in [9.17, 15) is 4.79 Å². The minimum absolute atomic E-state index is 0.0566. The minimum atomic E-state index is -0.271. The molecule has 1 heterocycles. The number of nitrogens with one attached hydrogen (secondary N) is 1. The molecule has 0 bridgehead atoms. The summed E-state index contributed by atoms with van der Waals surface area (Å²) in [5.41, 5.74) is 5.51. The molecular formula is C17H19BrN2O2S. The standard InChI is InChI=1S/C17H19BrN2O2S/c1-4-13(15-7-8-16(18)23-15)19-20-17(21)10-22-14-9-11(2)5-6-12(14)3/h5-9H,4,10H2,1-3H3,(H,20,21). The van der Waals surface area contributed by atoms with Crippen LogP contribution in [0.15, 0.2) is 39.2 Å². The van der Waals surface area contributed by atoms with Crippen LogP contribution < -0.4 is 10.2 Å². The van der Waals surface area contributed by atoms with Crippen LogP contribution in [0, 0.1) is 13.8 Å². The smallest absolute Gasteiger partial charge is 0.277 e. The molecule has 6 heteroatoms. The number of rotatable bonds is 6. The molecule has 2 aromatic rings. The summed E-state index contributed by atoms with van der Waals surface area (Å²) in [7, 11) is 0. The van der Waals surface area contributed by atoms with Crippen LogP contribution in [0.4, 0.5) is 0 Å². The summed E-state index contributed by atoms with van der Waals surface area (Å²) in [4.78, 5) is 13.0. The van der Waals surface area contributed by atoms with Crippen molar-refractivity contribution in [3.8, 4) is 5.75 Å². The molecule has 0 aliphatic heterocycles. The molecule has 0 saturated carbocycles. The highest BCUT2D eigenvalue weighted by Crippen LogP contribution is 2.23. The molecule has 0 unspecified atom stereocenters. The fourth-order valence-corrected chi connectivity index (χ4v) is 3.39. The monoisotopic (exact) mass is 394 g/mol. The van der Waals surface area contributed by atoms with Crippen molar-refractivity contribution in [2.24, 2.45) is 5.10 Å². The summed E-state index contributed by atoms with van der Waals surface area (Å²) in [6.07, 6.45) is 0.741. The Morgan fingerprint density at radius 2 is 2.09 bits per heavy atom. The summed E-state index contributed by atoms with van der Waals surface area (Å²) in [6, 6.07) is 9.86. The predicted molar refractivity (Wildman–Crippen MR) is 98.4 cm³/mol. The Morgan fingerprint density at radius 1 is 1.30 bits per heavy atom. The topological polar surface area (TPSA) is 50.7 Å². The van der Waals surface area contributed by atoms with Crippen LogP contribution in [-0.2, 0) is 4.79 Å². The Hall–Kier alpha value is -1.66. The second-order valence-electron chi connectivity index (χ2n) is 5.11. The van der Waals surface area contributed by atoms with Gasteiger partial charge >= 0.3 is 0 Å². The highest BCUT2D eigenvalue weighted by molar-refractivity contribution is 9.11. The maximum absolute atomic E-state index is 11.9. The molecule has 0 saturated heterocycles. The molecule has 1 aromatic carbocycles. The van der Waals surface area contributed by atoms with Crippen molar-refractivity contribution < 1.29 is 9.53 Å². The molecule has 2 rings (SSSR count). The van der Waals surface area contributed by atoms with Gasteiger partial charge in [-0.15, -0.1) is 11.3 Å². The zero-order chi connectivity index (χ0) is 16.8. The van der Waals surface area contributed by atoms with Crippen molar-refractivity contribution in [2.45, 2.75) is 27.2 Å². The fourth-order valence-electron chi connectivity index (χ4n) is 1.95. The third-order valence-corrected chi connectivity index (χ3v) is 4.88. The average molecular weight is 395 g/mol. The van der Waals surface area contributed by atoms with E-state index in [0.717, 1.165) is 37.7 Å². The van der Waals surface area contributed by atoms with Crippen LogP contribution in [0.2, 0.25) is 0 Å². The number of nitrogens with zero attached hydrogens (tertiary/aromatic N) is 1. The number of hydrazone groups is 1. The van der Waals surface area contributed by atoms with E-state index in [0.29, 0.717) is 0 Å². The maximum atomic E-state index is 11.9. The van der Waals surface area contributed by atoms with Crippen molar-refractivity contribution in [1.29, 1.82) is 0 Å². The zero-order valence-electron chi connectivity index (χ0n) is 13.4. The van der Waals surface area contributed by atoms with E-state index in [4.69, 9.17) is 4.74 Å². The van der Waals surface area contributed by atoms with Gasteiger partial charge in [0.25, 0.3) is 5.91 Å². The molecule has 1 amide bonds. The SMILES string of the molecule is CCC(=NNC(=O)COc1cc(C)ccc1C)c1ccc(Br)s1. The molecule has 0 fully saturated rings. The first-order valence-electron chi connectivity index (χ1n) is 7.30. The van der Waals surface area contributed by atoms with Gasteiger partial charge in [-0.25, -0.2) is 5.43 Å². The number of amides is 1. The van der Waals surface area contributed by atoms with E-state index < -0.39 is 0 Å². The number of carbonyl (C=O) groups excluding carboxylic acids is 1. The van der Waals surface area contributed by atoms with Gasteiger partial charge in [0.2, 0.25) is 0 Å². The number of aryl methyl sites for hydroxylation is 2. The molecule has 23 heavy (non-hydrogen) atoms. The van der Waals surface area contributed by atoms with Gasteiger partial charge in [0.1, 0.15) is 5.75 Å². The Kier molecular flexibility index (Phi) is 6.36. The number of thiophene rings is 1. The lowest BCUT2D eigenvalue weighted by atomic mass is 10.1. The lowest BCUT2D eigenvalue weighted by molar-refractivity contribution is -0.123. The maximum Gasteiger partial charge on any atom is 0.277 e. The van der Waals surface area contributed by atoms with Gasteiger partial charge < -0.3 is 4.74 Å². The first kappa shape index (κ1) is 17.7. The van der Waals surface area contributed by atoms with Crippen molar-refractivity contribution in [3.05, 3.63) is 50.1 Å². The van der Waals surface area contributed by atoms with Crippen LogP contribution in [0.3, 0.4) is 0 Å². The van der Waals surface area contributed by atoms with Gasteiger partial charge in [-0.3, -0.25) is 4.79 Å². The number of benzene rings is 1. The molecule has 0 aliphatic rings. The molecule has 1 N–H and O–H groups in total. The largest absolute Gasteiger partial charge is 0.483 e. The van der Waals surface area contributed by atoms with Gasteiger partial charge in [0.05, 0.1) is 14.4 Å². The third-order valence-electron chi connectivity index (χ3n) is 3.21. The quantitative estimate of drug-likeness (QED) is 0.581. The normalized spacial score (nSPS) is 11.4. The lowest BCUT2D eigenvalue weighted by Crippen LogP contribution is -2.26. The fraction of sp³-hybridized carbons (Fsp3) is 0.294. The van der Waals surface area contributed by atoms with Gasteiger partial charge in [-0.2, -0.15) is 5.10 Å². The first-order valence-corrected chi connectivity index (χ1v) is 8.91. The zero-order valence-corrected chi connectivity index (χ0v) is 15.8. The minimum Gasteiger partial charge on any atom is -0.483 e. The third kappa shape index (κ3) is 5.18. The van der Waals surface area contributed by atoms with Crippen LogP contribution in [0.25, 0.3) is 0 Å². The van der Waals surface area contributed by atoms with Gasteiger partial charge in [0, 0.05) is 0 Å². The number of halogens is 1. The van der Waals surface area contributed by atoms with E-state index in [1.54, 1.807) is 11.3 Å². The summed E-state index contributed by atoms with van der Waals surface area (Å²) in [6.45, 7) is 5.89. The Balaban J connectivity index is 1.93. The molecule has 122 valence electrons. The summed E-state index contributed by atoms with van der Waals surface area (Å²) in [5.74, 6) is 0.453. The van der Waals surface area contributed by atoms with Crippen molar-refractivity contribution in [3.63, 3.8) is 0 Å². The van der Waals surface area contributed by atoms with Crippen LogP contribution in [0.5, 0.6) is 5.75 Å². The highest BCUT2D eigenvalue weighted by Gasteiger charge is 2.08. The van der Waals surface area contributed by atoms with Crippen molar-refractivity contribution >= 4 is 38.9 Å². The van der Waals surface area contributed by atoms with E-state index in [1.165, 1.54) is 0 Å². The van der Waals surface area contributed by atoms with Crippen LogP contribution in [-0.4, -0.2) is 18.2 Å². The second-order valence-corrected chi connectivity index (χ2v) is 7.57. The predicted octanol–water partition coefficient (Wildman–Crippen LogP) is 4.44. The molecule has 0 spiro atoms. The molecule has 0 radical (unpaired) electrons. The van der Waals surface area contributed by atoms with Crippen LogP contribution in [0.1, 0.15) is 29.3 Å². The van der Waals surface area contributed by atoms with Gasteiger partial charge in [-0.1, -0.05) is 19.1 Å². The van der Waals surface area contributed by atoms with E-state index in [-0.39, 0.29) is 12.5 Å². The molecule has 4 nitrogen and oxygen atoms in total. The van der Waals surface area contributed by atoms with E-state index >= 15 is 0 Å². The Labute approximate surface area is 148 Å². The molecular weight excluding hydrogens is 376 g/mol. The van der Waals surface area contributed by atoms with Crippen molar-refractivity contribution in [1.82, 2.24) is 5.43 Å². The molecule has 0 aliphatic carbocycles. The van der Waals surface area contributed by atoms with Gasteiger partial charge in [0.15, 0.2) is 6.61 Å². The highest BCUT2D eigenvalue weighted by atomic mass is 79.9. The number of ether oxygens (including phenoxy) is 1. The number of hydrogen-bond acceptors (Lipinski definition) is 4. The molecule has 0 atom stereocenters. The first-order chi connectivity index (χ1) is 11.0. The number of carbonyl (C=O) groups is 1. The Bertz CT molecular complexity index is 725. The molecule has 1 aromatic heterocycles. The van der Waals surface area contributed by atoms with E-state index in [2.05, 4.69) is 26.5 Å². The summed E-state index contributed by atoms with van der Waals surface area (Å²) in [5, 5.41) is 4.20. The Morgan fingerprint density at radius 3 is 2.74 bits per heavy atom. The van der Waals surface area contributed by atoms with E-state index in [1.807, 2.05) is 51.1 Å².